The van der Waals surface area contributed by atoms with Gasteiger partial charge in [-0.15, -0.1) is 0 Å². The molecule has 2 saturated carbocycles. The van der Waals surface area contributed by atoms with Crippen LogP contribution < -0.4 is 4.90 Å². The lowest BCUT2D eigenvalue weighted by molar-refractivity contribution is -0.114. The molecular formula is C29H35NO3. The Balaban J connectivity index is 1.66. The molecule has 2 fully saturated rings. The van der Waals surface area contributed by atoms with Gasteiger partial charge < -0.3 is 15.1 Å². The molecule has 5 atom stereocenters. The first-order valence-electron chi connectivity index (χ1n) is 12.3. The van der Waals surface area contributed by atoms with Crippen LogP contribution in [-0.4, -0.2) is 42.3 Å². The van der Waals surface area contributed by atoms with Crippen molar-refractivity contribution in [1.82, 2.24) is 0 Å². The Bertz CT molecular complexity index is 1090. The van der Waals surface area contributed by atoms with E-state index >= 15 is 0 Å². The Labute approximate surface area is 197 Å². The zero-order chi connectivity index (χ0) is 23.4. The van der Waals surface area contributed by atoms with Gasteiger partial charge in [-0.2, -0.15) is 0 Å². The predicted octanol–water partition coefficient (Wildman–Crippen LogP) is 4.38. The molecule has 33 heavy (non-hydrogen) atoms. The zero-order valence-corrected chi connectivity index (χ0v) is 20.0. The van der Waals surface area contributed by atoms with Crippen molar-refractivity contribution >= 4 is 11.5 Å². The molecule has 0 heterocycles. The topological polar surface area (TPSA) is 60.8 Å². The lowest BCUT2D eigenvalue weighted by Crippen LogP contribution is -2.51. The van der Waals surface area contributed by atoms with E-state index in [1.807, 2.05) is 6.08 Å². The second-order valence-corrected chi connectivity index (χ2v) is 10.8. The summed E-state index contributed by atoms with van der Waals surface area (Å²) >= 11 is 0. The van der Waals surface area contributed by atoms with Gasteiger partial charge in [0.1, 0.15) is 12.2 Å². The third-order valence-corrected chi connectivity index (χ3v) is 9.07. The molecule has 0 radical (unpaired) electrons. The number of anilines is 1. The Kier molecular flexibility index (Phi) is 5.54. The maximum Gasteiger partial charge on any atom is 0.156 e. The van der Waals surface area contributed by atoms with Crippen molar-refractivity contribution in [3.8, 4) is 11.8 Å². The second-order valence-electron chi connectivity index (χ2n) is 10.8. The van der Waals surface area contributed by atoms with Crippen LogP contribution in [0.5, 0.6) is 0 Å². The molecule has 0 bridgehead atoms. The van der Waals surface area contributed by atoms with Crippen LogP contribution in [0.1, 0.15) is 63.4 Å². The number of allylic oxidation sites excluding steroid dienone is 4. The molecule has 1 aromatic rings. The molecule has 174 valence electrons. The van der Waals surface area contributed by atoms with E-state index in [0.29, 0.717) is 24.7 Å². The monoisotopic (exact) mass is 445 g/mol. The highest BCUT2D eigenvalue weighted by Crippen LogP contribution is 2.66. The minimum absolute atomic E-state index is 0.208. The molecule has 1 aromatic carbocycles. The molecule has 4 aliphatic rings. The quantitative estimate of drug-likeness (QED) is 0.664. The third-order valence-electron chi connectivity index (χ3n) is 9.07. The standard InChI is InChI=1S/C29H35NO3/c1-28-18-25(19-5-8-21(9-6-19)30(2)3)27-23-12-10-22(32)17-20(23)7-11-24(27)26(28)13-15-29(28,33)14-4-16-31/h5-6,8-9,17,24-26,31,33H,7,10-13,15-16,18H2,1-3H3/t24-,25-,26?,28-,29?/m0/s1. The van der Waals surface area contributed by atoms with Crippen LogP contribution >= 0.6 is 0 Å². The highest BCUT2D eigenvalue weighted by atomic mass is 16.3. The molecular weight excluding hydrogens is 410 g/mol. The van der Waals surface area contributed by atoms with Crippen LogP contribution in [-0.2, 0) is 4.79 Å². The maximum atomic E-state index is 12.2. The molecule has 0 saturated heterocycles. The summed E-state index contributed by atoms with van der Waals surface area (Å²) in [4.78, 5) is 14.3. The van der Waals surface area contributed by atoms with Crippen LogP contribution in [0.2, 0.25) is 0 Å². The number of hydrogen-bond donors (Lipinski definition) is 2. The first-order valence-corrected chi connectivity index (χ1v) is 12.3. The highest BCUT2D eigenvalue weighted by Gasteiger charge is 2.62. The van der Waals surface area contributed by atoms with E-state index in [4.69, 9.17) is 0 Å². The van der Waals surface area contributed by atoms with Crippen molar-refractivity contribution in [2.24, 2.45) is 17.3 Å². The Morgan fingerprint density at radius 3 is 2.58 bits per heavy atom. The Hall–Kier alpha value is -2.35. The molecule has 0 spiro atoms. The Morgan fingerprint density at radius 1 is 1.12 bits per heavy atom. The molecule has 4 nitrogen and oxygen atoms in total. The molecule has 5 rings (SSSR count). The predicted molar refractivity (Wildman–Crippen MR) is 131 cm³/mol. The molecule has 2 N–H and O–H groups in total. The fraction of sp³-hybridized carbons (Fsp3) is 0.552. The van der Waals surface area contributed by atoms with Gasteiger partial charge in [0.05, 0.1) is 0 Å². The number of aliphatic hydroxyl groups is 2. The largest absolute Gasteiger partial charge is 0.384 e. The first kappa shape index (κ1) is 22.4. The molecule has 4 heteroatoms. The van der Waals surface area contributed by atoms with Gasteiger partial charge in [0, 0.05) is 37.5 Å². The lowest BCUT2D eigenvalue weighted by atomic mass is 9.51. The first-order chi connectivity index (χ1) is 15.8. The summed E-state index contributed by atoms with van der Waals surface area (Å²) in [5.74, 6) is 7.10. The van der Waals surface area contributed by atoms with Gasteiger partial charge in [0.15, 0.2) is 5.78 Å². The van der Waals surface area contributed by atoms with Gasteiger partial charge in [-0.05, 0) is 85.3 Å². The fourth-order valence-corrected chi connectivity index (χ4v) is 7.36. The van der Waals surface area contributed by atoms with Gasteiger partial charge in [-0.1, -0.05) is 36.5 Å². The van der Waals surface area contributed by atoms with Crippen molar-refractivity contribution in [1.29, 1.82) is 0 Å². The normalized spacial score (nSPS) is 35.1. The summed E-state index contributed by atoms with van der Waals surface area (Å²) in [5.41, 5.74) is 5.26. The van der Waals surface area contributed by atoms with Gasteiger partial charge in [0.2, 0.25) is 0 Å². The number of aliphatic hydroxyl groups excluding tert-OH is 1. The summed E-state index contributed by atoms with van der Waals surface area (Å²) < 4.78 is 0. The molecule has 0 amide bonds. The van der Waals surface area contributed by atoms with Crippen molar-refractivity contribution in [2.75, 3.05) is 25.6 Å². The van der Waals surface area contributed by atoms with Crippen molar-refractivity contribution in [2.45, 2.75) is 63.4 Å². The summed E-state index contributed by atoms with van der Waals surface area (Å²) in [5, 5.41) is 21.1. The summed E-state index contributed by atoms with van der Waals surface area (Å²) in [7, 11) is 4.11. The van der Waals surface area contributed by atoms with E-state index in [2.05, 4.69) is 62.0 Å². The van der Waals surface area contributed by atoms with E-state index in [9.17, 15) is 15.0 Å². The molecule has 2 unspecified atom stereocenters. The number of hydrogen-bond acceptors (Lipinski definition) is 4. The van der Waals surface area contributed by atoms with Crippen LogP contribution in [0.4, 0.5) is 5.69 Å². The smallest absolute Gasteiger partial charge is 0.156 e. The van der Waals surface area contributed by atoms with Crippen LogP contribution in [0, 0.1) is 29.1 Å². The molecule has 0 aromatic heterocycles. The lowest BCUT2D eigenvalue weighted by Gasteiger charge is -2.53. The Morgan fingerprint density at radius 2 is 1.88 bits per heavy atom. The zero-order valence-electron chi connectivity index (χ0n) is 20.0. The van der Waals surface area contributed by atoms with Crippen molar-refractivity contribution in [3.05, 3.63) is 52.6 Å². The molecule has 4 aliphatic carbocycles. The van der Waals surface area contributed by atoms with Crippen molar-refractivity contribution in [3.63, 3.8) is 0 Å². The van der Waals surface area contributed by atoms with Crippen LogP contribution in [0.25, 0.3) is 0 Å². The van der Waals surface area contributed by atoms with Gasteiger partial charge in [0.25, 0.3) is 0 Å². The number of ketones is 1. The minimum Gasteiger partial charge on any atom is -0.384 e. The third kappa shape index (κ3) is 3.49. The summed E-state index contributed by atoms with van der Waals surface area (Å²) in [6, 6.07) is 8.85. The second kappa shape index (κ2) is 8.15. The SMILES string of the molecule is CN(C)c1ccc([C@@H]2C[C@@]3(C)C(CCC3(O)C#CCO)[C@@H]3CCC4=CC(=O)CCC4=C23)cc1. The number of fused-ring (bicyclic) bond motifs is 4. The minimum atomic E-state index is -1.07. The van der Waals surface area contributed by atoms with Gasteiger partial charge in [-0.25, -0.2) is 0 Å². The maximum absolute atomic E-state index is 12.2. The highest BCUT2D eigenvalue weighted by molar-refractivity contribution is 5.93. The average molecular weight is 446 g/mol. The van der Waals surface area contributed by atoms with E-state index < -0.39 is 5.60 Å². The van der Waals surface area contributed by atoms with Crippen LogP contribution in [0.3, 0.4) is 0 Å². The van der Waals surface area contributed by atoms with Crippen LogP contribution in [0.15, 0.2) is 47.1 Å². The van der Waals surface area contributed by atoms with Crippen molar-refractivity contribution < 1.29 is 15.0 Å². The van der Waals surface area contributed by atoms with E-state index in [-0.39, 0.29) is 23.7 Å². The number of rotatable bonds is 2. The van der Waals surface area contributed by atoms with E-state index in [1.54, 1.807) is 0 Å². The number of nitrogens with zero attached hydrogens (tertiary/aromatic N) is 1. The average Bonchev–Trinajstić information content (AvgIpc) is 3.07. The van der Waals surface area contributed by atoms with E-state index in [0.717, 1.165) is 32.1 Å². The summed E-state index contributed by atoms with van der Waals surface area (Å²) in [6.07, 6.45) is 7.80. The molecule has 0 aliphatic heterocycles. The number of carbonyl (C=O) groups is 1. The fourth-order valence-electron chi connectivity index (χ4n) is 7.36. The number of carbonyl (C=O) groups excluding carboxylic acids is 1. The van der Waals surface area contributed by atoms with Gasteiger partial charge >= 0.3 is 0 Å². The number of benzene rings is 1. The summed E-state index contributed by atoms with van der Waals surface area (Å²) in [6.45, 7) is 2.01. The van der Waals surface area contributed by atoms with Gasteiger partial charge in [-0.3, -0.25) is 4.79 Å². The van der Waals surface area contributed by atoms with E-state index in [1.165, 1.54) is 28.0 Å².